The molecule has 0 spiro atoms. The van der Waals surface area contributed by atoms with Gasteiger partial charge in [0.2, 0.25) is 0 Å². The van der Waals surface area contributed by atoms with Crippen molar-refractivity contribution in [3.63, 3.8) is 0 Å². The minimum Gasteiger partial charge on any atom is -0.493 e. The zero-order chi connectivity index (χ0) is 25.3. The minimum absolute atomic E-state index is 0.144. The first kappa shape index (κ1) is 24.0. The number of allylic oxidation sites excluding steroid dienone is 1. The van der Waals surface area contributed by atoms with Crippen LogP contribution in [0.5, 0.6) is 11.5 Å². The van der Waals surface area contributed by atoms with Gasteiger partial charge >= 0.3 is 11.9 Å². The summed E-state index contributed by atoms with van der Waals surface area (Å²) in [5.74, 6) is 0.0254. The third-order valence-corrected chi connectivity index (χ3v) is 6.29. The lowest BCUT2D eigenvalue weighted by Gasteiger charge is -2.25. The normalized spacial score (nSPS) is 15.4. The lowest BCUT2D eigenvalue weighted by Crippen LogP contribution is -2.39. The standard InChI is InChI=1S/C23H21N3O8S/c1-5-33-22(28)19-12(2)24-23-25(20(19)13-6-8-15(31-3)16(10-13)32-4)21(27)17(35-23)11-14-7-9-18(34-14)26(29)30/h6-11,20H,5H2,1-4H3/b17-11-. The molecule has 35 heavy (non-hydrogen) atoms. The Morgan fingerprint density at radius 1 is 1.26 bits per heavy atom. The van der Waals surface area contributed by atoms with Crippen LogP contribution >= 0.6 is 11.3 Å². The van der Waals surface area contributed by atoms with E-state index in [2.05, 4.69) is 4.99 Å². The van der Waals surface area contributed by atoms with Crippen LogP contribution < -0.4 is 24.4 Å². The van der Waals surface area contributed by atoms with Gasteiger partial charge in [0.15, 0.2) is 16.3 Å². The molecule has 2 aromatic heterocycles. The van der Waals surface area contributed by atoms with Gasteiger partial charge < -0.3 is 18.6 Å². The summed E-state index contributed by atoms with van der Waals surface area (Å²) in [5, 5.41) is 10.9. The van der Waals surface area contributed by atoms with Crippen molar-refractivity contribution in [2.75, 3.05) is 20.8 Å². The zero-order valence-electron chi connectivity index (χ0n) is 19.3. The van der Waals surface area contributed by atoms with Crippen molar-refractivity contribution in [3.8, 4) is 11.5 Å². The second kappa shape index (κ2) is 9.58. The number of fused-ring (bicyclic) bond motifs is 1. The maximum absolute atomic E-state index is 13.5. The Morgan fingerprint density at radius 3 is 2.63 bits per heavy atom. The van der Waals surface area contributed by atoms with E-state index in [1.807, 2.05) is 0 Å². The Morgan fingerprint density at radius 2 is 2.00 bits per heavy atom. The maximum atomic E-state index is 13.5. The van der Waals surface area contributed by atoms with E-state index < -0.39 is 28.4 Å². The van der Waals surface area contributed by atoms with Crippen LogP contribution in [0.15, 0.2) is 55.8 Å². The van der Waals surface area contributed by atoms with Crippen LogP contribution in [0, 0.1) is 10.1 Å². The van der Waals surface area contributed by atoms with Gasteiger partial charge in [-0.1, -0.05) is 17.4 Å². The van der Waals surface area contributed by atoms with E-state index >= 15 is 0 Å². The summed E-state index contributed by atoms with van der Waals surface area (Å²) >= 11 is 1.08. The number of nitrogens with zero attached hydrogens (tertiary/aromatic N) is 3. The number of furan rings is 1. The number of thiazole rings is 1. The average Bonchev–Trinajstić information content (AvgIpc) is 3.42. The highest BCUT2D eigenvalue weighted by molar-refractivity contribution is 7.07. The molecule has 1 unspecified atom stereocenters. The smallest absolute Gasteiger partial charge is 0.433 e. The molecule has 1 aliphatic rings. The molecule has 0 saturated heterocycles. The average molecular weight is 500 g/mol. The van der Waals surface area contributed by atoms with Gasteiger partial charge in [0.25, 0.3) is 5.56 Å². The fourth-order valence-electron chi connectivity index (χ4n) is 3.78. The molecule has 0 fully saturated rings. The molecule has 12 heteroatoms. The number of esters is 1. The minimum atomic E-state index is -0.849. The number of rotatable bonds is 7. The van der Waals surface area contributed by atoms with E-state index in [0.29, 0.717) is 27.6 Å². The molecule has 0 aliphatic carbocycles. The van der Waals surface area contributed by atoms with Gasteiger partial charge in [-0.25, -0.2) is 9.79 Å². The van der Waals surface area contributed by atoms with E-state index in [1.165, 1.54) is 37.0 Å². The molecule has 0 amide bonds. The highest BCUT2D eigenvalue weighted by Crippen LogP contribution is 2.36. The predicted molar refractivity (Wildman–Crippen MR) is 125 cm³/mol. The Hall–Kier alpha value is -4.19. The van der Waals surface area contributed by atoms with Crippen molar-refractivity contribution in [2.45, 2.75) is 19.9 Å². The summed E-state index contributed by atoms with van der Waals surface area (Å²) in [5.41, 5.74) is 0.763. The Labute approximate surface area is 202 Å². The number of ether oxygens (including phenoxy) is 3. The quantitative estimate of drug-likeness (QED) is 0.275. The molecule has 1 aliphatic heterocycles. The van der Waals surface area contributed by atoms with Crippen molar-refractivity contribution >= 4 is 29.3 Å². The lowest BCUT2D eigenvalue weighted by molar-refractivity contribution is -0.402. The van der Waals surface area contributed by atoms with Crippen molar-refractivity contribution < 1.29 is 28.3 Å². The summed E-state index contributed by atoms with van der Waals surface area (Å²) in [7, 11) is 3.00. The molecule has 4 rings (SSSR count). The second-order valence-electron chi connectivity index (χ2n) is 7.35. The van der Waals surface area contributed by atoms with Gasteiger partial charge in [0, 0.05) is 6.08 Å². The van der Waals surface area contributed by atoms with E-state index in [4.69, 9.17) is 18.6 Å². The van der Waals surface area contributed by atoms with E-state index in [0.717, 1.165) is 11.3 Å². The first-order chi connectivity index (χ1) is 16.8. The number of carbonyl (C=O) groups is 1. The molecule has 182 valence electrons. The third kappa shape index (κ3) is 4.35. The van der Waals surface area contributed by atoms with Gasteiger partial charge in [0.1, 0.15) is 10.7 Å². The second-order valence-corrected chi connectivity index (χ2v) is 8.36. The SMILES string of the molecule is CCOC(=O)C1=C(C)N=c2s/c(=C\c3ccc([N+](=O)[O-])o3)c(=O)n2C1c1ccc(OC)c(OC)c1. The molecule has 0 bridgehead atoms. The van der Waals surface area contributed by atoms with Gasteiger partial charge in [-0.2, -0.15) is 0 Å². The first-order valence-electron chi connectivity index (χ1n) is 10.4. The summed E-state index contributed by atoms with van der Waals surface area (Å²) < 4.78 is 22.8. The van der Waals surface area contributed by atoms with Crippen molar-refractivity contribution in [1.29, 1.82) is 0 Å². The van der Waals surface area contributed by atoms with Crippen LogP contribution in [0.1, 0.15) is 31.2 Å². The molecule has 1 atom stereocenters. The van der Waals surface area contributed by atoms with Gasteiger partial charge in [-0.3, -0.25) is 19.5 Å². The Bertz CT molecular complexity index is 1530. The third-order valence-electron chi connectivity index (χ3n) is 5.31. The molecule has 0 saturated carbocycles. The number of benzene rings is 1. The molecular formula is C23H21N3O8S. The molecule has 3 heterocycles. The van der Waals surface area contributed by atoms with Crippen molar-refractivity contribution in [1.82, 2.24) is 4.57 Å². The fraction of sp³-hybridized carbons (Fsp3) is 0.261. The maximum Gasteiger partial charge on any atom is 0.433 e. The van der Waals surface area contributed by atoms with Crippen LogP contribution in [-0.4, -0.2) is 36.3 Å². The number of methoxy groups -OCH3 is 2. The van der Waals surface area contributed by atoms with Crippen molar-refractivity contribution in [2.24, 2.45) is 4.99 Å². The fourth-order valence-corrected chi connectivity index (χ4v) is 4.80. The van der Waals surface area contributed by atoms with E-state index in [-0.39, 0.29) is 22.5 Å². The molecule has 0 N–H and O–H groups in total. The van der Waals surface area contributed by atoms with Gasteiger partial charge in [-0.15, -0.1) is 0 Å². The Kier molecular flexibility index (Phi) is 6.56. The van der Waals surface area contributed by atoms with Gasteiger partial charge in [-0.05, 0) is 37.6 Å². The first-order valence-corrected chi connectivity index (χ1v) is 11.3. The number of nitro groups is 1. The molecule has 1 aromatic carbocycles. The van der Waals surface area contributed by atoms with Crippen LogP contribution in [0.4, 0.5) is 5.88 Å². The molecular weight excluding hydrogens is 478 g/mol. The van der Waals surface area contributed by atoms with E-state index in [1.54, 1.807) is 32.0 Å². The predicted octanol–water partition coefficient (Wildman–Crippen LogP) is 2.32. The van der Waals surface area contributed by atoms with Crippen molar-refractivity contribution in [3.05, 3.63) is 82.7 Å². The number of hydrogen-bond acceptors (Lipinski definition) is 10. The van der Waals surface area contributed by atoms with E-state index in [9.17, 15) is 19.7 Å². The topological polar surface area (TPSA) is 135 Å². The van der Waals surface area contributed by atoms with Gasteiger partial charge in [0.05, 0.1) is 48.7 Å². The lowest BCUT2D eigenvalue weighted by atomic mass is 9.95. The number of hydrogen-bond donors (Lipinski definition) is 0. The summed E-state index contributed by atoms with van der Waals surface area (Å²) in [6, 6.07) is 6.86. The highest BCUT2D eigenvalue weighted by atomic mass is 32.1. The Balaban J connectivity index is 1.95. The summed E-state index contributed by atoms with van der Waals surface area (Å²) in [6.45, 7) is 3.51. The highest BCUT2D eigenvalue weighted by Gasteiger charge is 2.34. The monoisotopic (exact) mass is 499 g/mol. The van der Waals surface area contributed by atoms with Crippen LogP contribution in [0.25, 0.3) is 6.08 Å². The van der Waals surface area contributed by atoms with Crippen LogP contribution in [-0.2, 0) is 9.53 Å². The summed E-state index contributed by atoms with van der Waals surface area (Å²) in [6.07, 6.45) is 1.41. The number of carbonyl (C=O) groups excluding carboxylic acids is 1. The molecule has 3 aromatic rings. The van der Waals surface area contributed by atoms with Crippen LogP contribution in [0.2, 0.25) is 0 Å². The largest absolute Gasteiger partial charge is 0.493 e. The molecule has 11 nitrogen and oxygen atoms in total. The summed E-state index contributed by atoms with van der Waals surface area (Å²) in [4.78, 5) is 41.6. The van der Waals surface area contributed by atoms with Crippen LogP contribution in [0.3, 0.4) is 0 Å². The number of aromatic nitrogens is 1. The molecule has 0 radical (unpaired) electrons. The zero-order valence-corrected chi connectivity index (χ0v) is 20.1.